The van der Waals surface area contributed by atoms with Gasteiger partial charge < -0.3 is 5.32 Å². The summed E-state index contributed by atoms with van der Waals surface area (Å²) in [5, 5.41) is 2.32. The highest BCUT2D eigenvalue weighted by Crippen LogP contribution is 2.32. The second-order valence-electron chi connectivity index (χ2n) is 3.44. The fourth-order valence-electron chi connectivity index (χ4n) is 1.28. The van der Waals surface area contributed by atoms with E-state index in [2.05, 4.69) is 5.32 Å². The van der Waals surface area contributed by atoms with Crippen molar-refractivity contribution in [3.05, 3.63) is 35.1 Å². The molecular formula is C11H11F4NO. The van der Waals surface area contributed by atoms with Crippen LogP contribution >= 0.6 is 0 Å². The molecule has 0 atom stereocenters. The van der Waals surface area contributed by atoms with Gasteiger partial charge in [0.25, 0.3) is 5.91 Å². The molecule has 94 valence electrons. The van der Waals surface area contributed by atoms with Gasteiger partial charge in [0, 0.05) is 6.54 Å². The molecular weight excluding hydrogens is 238 g/mol. The fourth-order valence-corrected chi connectivity index (χ4v) is 1.28. The van der Waals surface area contributed by atoms with Crippen LogP contribution in [0.5, 0.6) is 0 Å². The molecule has 1 aromatic carbocycles. The molecule has 1 aromatic rings. The molecule has 0 heterocycles. The van der Waals surface area contributed by atoms with Gasteiger partial charge >= 0.3 is 6.18 Å². The SMILES string of the molecule is CCCNC(=O)c1ccc(F)cc1C(F)(F)F. The Morgan fingerprint density at radius 2 is 2.00 bits per heavy atom. The van der Waals surface area contributed by atoms with Crippen LogP contribution in [0.4, 0.5) is 17.6 Å². The van der Waals surface area contributed by atoms with E-state index in [0.717, 1.165) is 12.1 Å². The third-order valence-corrected chi connectivity index (χ3v) is 2.07. The van der Waals surface area contributed by atoms with E-state index in [4.69, 9.17) is 0 Å². The van der Waals surface area contributed by atoms with Gasteiger partial charge in [-0.25, -0.2) is 4.39 Å². The van der Waals surface area contributed by atoms with Crippen molar-refractivity contribution in [1.29, 1.82) is 0 Å². The number of rotatable bonds is 3. The quantitative estimate of drug-likeness (QED) is 0.820. The predicted octanol–water partition coefficient (Wildman–Crippen LogP) is 2.98. The van der Waals surface area contributed by atoms with Gasteiger partial charge in [-0.05, 0) is 24.6 Å². The summed E-state index contributed by atoms with van der Waals surface area (Å²) in [5.74, 6) is -1.87. The summed E-state index contributed by atoms with van der Waals surface area (Å²) in [6.07, 6.45) is -4.14. The van der Waals surface area contributed by atoms with Crippen molar-refractivity contribution >= 4 is 5.91 Å². The van der Waals surface area contributed by atoms with Crippen LogP contribution in [-0.2, 0) is 6.18 Å². The van der Waals surface area contributed by atoms with Crippen LogP contribution in [0, 0.1) is 5.82 Å². The van der Waals surface area contributed by atoms with Gasteiger partial charge in [-0.1, -0.05) is 6.92 Å². The maximum Gasteiger partial charge on any atom is 0.417 e. The minimum atomic E-state index is -4.75. The number of carbonyl (C=O) groups excluding carboxylic acids is 1. The van der Waals surface area contributed by atoms with Crippen molar-refractivity contribution in [1.82, 2.24) is 5.32 Å². The molecule has 0 radical (unpaired) electrons. The standard InChI is InChI=1S/C11H11F4NO/c1-2-5-16-10(17)8-4-3-7(12)6-9(8)11(13,14)15/h3-4,6H,2,5H2,1H3,(H,16,17). The highest BCUT2D eigenvalue weighted by Gasteiger charge is 2.35. The van der Waals surface area contributed by atoms with E-state index in [1.807, 2.05) is 0 Å². The maximum absolute atomic E-state index is 12.8. The summed E-state index contributed by atoms with van der Waals surface area (Å²) in [6, 6.07) is 1.99. The normalized spacial score (nSPS) is 11.4. The van der Waals surface area contributed by atoms with Gasteiger partial charge in [-0.15, -0.1) is 0 Å². The average Bonchev–Trinajstić information content (AvgIpc) is 2.24. The molecule has 0 aromatic heterocycles. The smallest absolute Gasteiger partial charge is 0.352 e. The zero-order chi connectivity index (χ0) is 13.1. The van der Waals surface area contributed by atoms with Crippen LogP contribution in [0.25, 0.3) is 0 Å². The molecule has 0 saturated heterocycles. The van der Waals surface area contributed by atoms with E-state index in [1.54, 1.807) is 6.92 Å². The van der Waals surface area contributed by atoms with Crippen molar-refractivity contribution in [3.63, 3.8) is 0 Å². The second-order valence-corrected chi connectivity index (χ2v) is 3.44. The molecule has 0 bridgehead atoms. The first-order valence-electron chi connectivity index (χ1n) is 5.01. The minimum Gasteiger partial charge on any atom is -0.352 e. The van der Waals surface area contributed by atoms with Crippen molar-refractivity contribution in [2.75, 3.05) is 6.54 Å². The molecule has 1 N–H and O–H groups in total. The summed E-state index contributed by atoms with van der Waals surface area (Å²) < 4.78 is 50.5. The Labute approximate surface area is 95.6 Å². The number of hydrogen-bond donors (Lipinski definition) is 1. The van der Waals surface area contributed by atoms with Gasteiger partial charge in [-0.2, -0.15) is 13.2 Å². The number of halogens is 4. The number of benzene rings is 1. The summed E-state index contributed by atoms with van der Waals surface area (Å²) in [6.45, 7) is 2.04. The van der Waals surface area contributed by atoms with Crippen LogP contribution in [0.2, 0.25) is 0 Å². The van der Waals surface area contributed by atoms with Crippen molar-refractivity contribution < 1.29 is 22.4 Å². The van der Waals surface area contributed by atoms with Gasteiger partial charge in [-0.3, -0.25) is 4.79 Å². The summed E-state index contributed by atoms with van der Waals surface area (Å²) in [5.41, 5.74) is -1.82. The number of nitrogens with one attached hydrogen (secondary N) is 1. The highest BCUT2D eigenvalue weighted by molar-refractivity contribution is 5.95. The van der Waals surface area contributed by atoms with E-state index in [1.165, 1.54) is 0 Å². The molecule has 6 heteroatoms. The predicted molar refractivity (Wildman–Crippen MR) is 54.0 cm³/mol. The lowest BCUT2D eigenvalue weighted by Crippen LogP contribution is -2.27. The third-order valence-electron chi connectivity index (χ3n) is 2.07. The molecule has 0 spiro atoms. The van der Waals surface area contributed by atoms with Gasteiger partial charge in [0.2, 0.25) is 0 Å². The van der Waals surface area contributed by atoms with Gasteiger partial charge in [0.1, 0.15) is 5.82 Å². The average molecular weight is 249 g/mol. The molecule has 0 aliphatic carbocycles. The third kappa shape index (κ3) is 3.44. The van der Waals surface area contributed by atoms with E-state index < -0.39 is 29.0 Å². The van der Waals surface area contributed by atoms with E-state index in [0.29, 0.717) is 12.5 Å². The summed E-state index contributed by atoms with van der Waals surface area (Å²) in [4.78, 5) is 11.4. The Morgan fingerprint density at radius 1 is 1.35 bits per heavy atom. The van der Waals surface area contributed by atoms with Crippen LogP contribution < -0.4 is 5.32 Å². The number of amides is 1. The number of carbonyl (C=O) groups is 1. The molecule has 2 nitrogen and oxygen atoms in total. The zero-order valence-electron chi connectivity index (χ0n) is 9.07. The van der Waals surface area contributed by atoms with Crippen LogP contribution in [0.15, 0.2) is 18.2 Å². The fraction of sp³-hybridized carbons (Fsp3) is 0.364. The molecule has 0 aliphatic heterocycles. The number of alkyl halides is 3. The Balaban J connectivity index is 3.11. The highest BCUT2D eigenvalue weighted by atomic mass is 19.4. The van der Waals surface area contributed by atoms with Crippen molar-refractivity contribution in [2.24, 2.45) is 0 Å². The first-order valence-corrected chi connectivity index (χ1v) is 5.01. The molecule has 0 saturated carbocycles. The van der Waals surface area contributed by atoms with Crippen molar-refractivity contribution in [3.8, 4) is 0 Å². The second kappa shape index (κ2) is 5.16. The monoisotopic (exact) mass is 249 g/mol. The molecule has 17 heavy (non-hydrogen) atoms. The summed E-state index contributed by atoms with van der Waals surface area (Å²) in [7, 11) is 0. The number of hydrogen-bond acceptors (Lipinski definition) is 1. The molecule has 1 amide bonds. The topological polar surface area (TPSA) is 29.1 Å². The lowest BCUT2D eigenvalue weighted by molar-refractivity contribution is -0.138. The van der Waals surface area contributed by atoms with E-state index in [-0.39, 0.29) is 6.54 Å². The Kier molecular flexibility index (Phi) is 4.09. The van der Waals surface area contributed by atoms with Gasteiger partial charge in [0.05, 0.1) is 11.1 Å². The molecule has 0 fully saturated rings. The molecule has 0 unspecified atom stereocenters. The minimum absolute atomic E-state index is 0.271. The zero-order valence-corrected chi connectivity index (χ0v) is 9.07. The van der Waals surface area contributed by atoms with Crippen LogP contribution in [-0.4, -0.2) is 12.5 Å². The Bertz CT molecular complexity index is 414. The van der Waals surface area contributed by atoms with Crippen LogP contribution in [0.1, 0.15) is 29.3 Å². The van der Waals surface area contributed by atoms with Crippen molar-refractivity contribution in [2.45, 2.75) is 19.5 Å². The first-order chi connectivity index (χ1) is 7.86. The molecule has 0 aliphatic rings. The van der Waals surface area contributed by atoms with E-state index in [9.17, 15) is 22.4 Å². The Hall–Kier alpha value is -1.59. The van der Waals surface area contributed by atoms with Crippen LogP contribution in [0.3, 0.4) is 0 Å². The molecule has 1 rings (SSSR count). The largest absolute Gasteiger partial charge is 0.417 e. The Morgan fingerprint density at radius 3 is 2.53 bits per heavy atom. The lowest BCUT2D eigenvalue weighted by Gasteiger charge is -2.12. The first kappa shape index (κ1) is 13.5. The lowest BCUT2D eigenvalue weighted by atomic mass is 10.1. The maximum atomic E-state index is 12.8. The summed E-state index contributed by atoms with van der Waals surface area (Å²) >= 11 is 0. The van der Waals surface area contributed by atoms with E-state index >= 15 is 0 Å². The van der Waals surface area contributed by atoms with Gasteiger partial charge in [0.15, 0.2) is 0 Å².